The number of aliphatic imine (C=N–C) groups is 1. The Kier molecular flexibility index (Phi) is 7.31. The topological polar surface area (TPSA) is 72.7 Å². The fourth-order valence-corrected chi connectivity index (χ4v) is 3.63. The van der Waals surface area contributed by atoms with Crippen molar-refractivity contribution >= 4 is 5.96 Å². The Morgan fingerprint density at radius 2 is 2.04 bits per heavy atom. The summed E-state index contributed by atoms with van der Waals surface area (Å²) in [7, 11) is 3.51. The molecule has 1 aliphatic heterocycles. The minimum Gasteiger partial charge on any atom is -0.497 e. The molecule has 0 amide bonds. The molecule has 3 rings (SSSR count). The number of hydrogen-bond acceptors (Lipinski definition) is 4. The van der Waals surface area contributed by atoms with Gasteiger partial charge in [-0.25, -0.2) is 0 Å². The summed E-state index contributed by atoms with van der Waals surface area (Å²) >= 11 is 0. The SMILES string of the molecule is CN=C(NCCCn1cccn1)NCC1(c2ccc(OC)cc2)CCOCC1. The zero-order chi connectivity index (χ0) is 19.7. The van der Waals surface area contributed by atoms with Crippen LogP contribution in [0.2, 0.25) is 0 Å². The van der Waals surface area contributed by atoms with Gasteiger partial charge in [-0.1, -0.05) is 12.1 Å². The van der Waals surface area contributed by atoms with E-state index in [0.717, 1.165) is 63.8 Å². The molecular weight excluding hydrogens is 354 g/mol. The van der Waals surface area contributed by atoms with Crippen LogP contribution < -0.4 is 15.4 Å². The number of guanidine groups is 1. The number of aromatic nitrogens is 2. The zero-order valence-corrected chi connectivity index (χ0v) is 16.9. The smallest absolute Gasteiger partial charge is 0.191 e. The molecule has 2 N–H and O–H groups in total. The lowest BCUT2D eigenvalue weighted by Crippen LogP contribution is -2.48. The Bertz CT molecular complexity index is 722. The van der Waals surface area contributed by atoms with E-state index in [0.29, 0.717) is 0 Å². The first-order chi connectivity index (χ1) is 13.8. The molecule has 0 aliphatic carbocycles. The molecule has 7 nitrogen and oxygen atoms in total. The summed E-state index contributed by atoms with van der Waals surface area (Å²) in [5.74, 6) is 1.72. The van der Waals surface area contributed by atoms with Gasteiger partial charge in [0, 0.05) is 57.7 Å². The molecule has 0 radical (unpaired) electrons. The van der Waals surface area contributed by atoms with Gasteiger partial charge in [0.25, 0.3) is 0 Å². The molecule has 1 fully saturated rings. The Hall–Kier alpha value is -2.54. The van der Waals surface area contributed by atoms with Crippen LogP contribution in [-0.4, -0.2) is 56.2 Å². The summed E-state index contributed by atoms with van der Waals surface area (Å²) in [4.78, 5) is 4.38. The van der Waals surface area contributed by atoms with Crippen LogP contribution in [0.3, 0.4) is 0 Å². The Morgan fingerprint density at radius 1 is 1.25 bits per heavy atom. The van der Waals surface area contributed by atoms with Crippen molar-refractivity contribution in [1.82, 2.24) is 20.4 Å². The zero-order valence-electron chi connectivity index (χ0n) is 16.9. The second-order valence-electron chi connectivity index (χ2n) is 7.10. The fraction of sp³-hybridized carbons (Fsp3) is 0.524. The molecule has 2 aromatic rings. The Morgan fingerprint density at radius 3 is 2.68 bits per heavy atom. The molecular formula is C21H31N5O2. The van der Waals surface area contributed by atoms with Crippen LogP contribution in [0.15, 0.2) is 47.7 Å². The van der Waals surface area contributed by atoms with Crippen LogP contribution >= 0.6 is 0 Å². The third-order valence-corrected chi connectivity index (χ3v) is 5.39. The lowest BCUT2D eigenvalue weighted by Gasteiger charge is -2.38. The monoisotopic (exact) mass is 385 g/mol. The van der Waals surface area contributed by atoms with Crippen molar-refractivity contribution in [2.45, 2.75) is 31.2 Å². The normalized spacial score (nSPS) is 16.6. The highest BCUT2D eigenvalue weighted by atomic mass is 16.5. The second kappa shape index (κ2) is 10.1. The van der Waals surface area contributed by atoms with Gasteiger partial charge in [0.1, 0.15) is 5.75 Å². The third kappa shape index (κ3) is 5.25. The van der Waals surface area contributed by atoms with Crippen LogP contribution in [0.4, 0.5) is 0 Å². The summed E-state index contributed by atoms with van der Waals surface area (Å²) in [5.41, 5.74) is 1.36. The minimum absolute atomic E-state index is 0.0389. The van der Waals surface area contributed by atoms with Crippen molar-refractivity contribution in [3.8, 4) is 5.75 Å². The van der Waals surface area contributed by atoms with Gasteiger partial charge in [0.2, 0.25) is 0 Å². The molecule has 2 heterocycles. The highest BCUT2D eigenvalue weighted by Crippen LogP contribution is 2.35. The third-order valence-electron chi connectivity index (χ3n) is 5.39. The number of ether oxygens (including phenoxy) is 2. The van der Waals surface area contributed by atoms with E-state index < -0.39 is 0 Å². The quantitative estimate of drug-likeness (QED) is 0.414. The van der Waals surface area contributed by atoms with Crippen LogP contribution in [0.1, 0.15) is 24.8 Å². The molecule has 0 bridgehead atoms. The van der Waals surface area contributed by atoms with E-state index in [1.54, 1.807) is 13.3 Å². The second-order valence-corrected chi connectivity index (χ2v) is 7.10. The van der Waals surface area contributed by atoms with Gasteiger partial charge in [-0.15, -0.1) is 0 Å². The van der Waals surface area contributed by atoms with Crippen molar-refractivity contribution in [2.24, 2.45) is 4.99 Å². The van der Waals surface area contributed by atoms with Crippen LogP contribution in [0.25, 0.3) is 0 Å². The molecule has 0 saturated carbocycles. The largest absolute Gasteiger partial charge is 0.497 e. The van der Waals surface area contributed by atoms with Gasteiger partial charge in [-0.2, -0.15) is 5.10 Å². The first-order valence-corrected chi connectivity index (χ1v) is 9.90. The molecule has 1 aromatic carbocycles. The summed E-state index contributed by atoms with van der Waals surface area (Å²) < 4.78 is 12.9. The molecule has 1 saturated heterocycles. The summed E-state index contributed by atoms with van der Waals surface area (Å²) in [6, 6.07) is 10.4. The van der Waals surface area contributed by atoms with Crippen molar-refractivity contribution < 1.29 is 9.47 Å². The van der Waals surface area contributed by atoms with Gasteiger partial charge in [-0.05, 0) is 43.0 Å². The molecule has 1 aromatic heterocycles. The van der Waals surface area contributed by atoms with Crippen LogP contribution in [0.5, 0.6) is 5.75 Å². The fourth-order valence-electron chi connectivity index (χ4n) is 3.63. The molecule has 28 heavy (non-hydrogen) atoms. The summed E-state index contributed by atoms with van der Waals surface area (Å²) in [6.45, 7) is 4.12. The average molecular weight is 386 g/mol. The standard InChI is InChI=1S/C21H31N5O2/c1-22-20(23-11-3-13-26-14-4-12-25-26)24-17-21(9-15-28-16-10-21)18-5-7-19(27-2)8-6-18/h4-8,12,14H,3,9-11,13,15-17H2,1-2H3,(H2,22,23,24). The van der Waals surface area contributed by atoms with Gasteiger partial charge < -0.3 is 20.1 Å². The van der Waals surface area contributed by atoms with Gasteiger partial charge in [0.05, 0.1) is 7.11 Å². The van der Waals surface area contributed by atoms with E-state index >= 15 is 0 Å². The maximum atomic E-state index is 5.63. The summed E-state index contributed by atoms with van der Waals surface area (Å²) in [5, 5.41) is 11.2. The molecule has 7 heteroatoms. The molecule has 0 unspecified atom stereocenters. The van der Waals surface area contributed by atoms with Gasteiger partial charge >= 0.3 is 0 Å². The van der Waals surface area contributed by atoms with E-state index in [1.165, 1.54) is 5.56 Å². The number of aryl methyl sites for hydroxylation is 1. The van der Waals surface area contributed by atoms with Crippen LogP contribution in [0, 0.1) is 0 Å². The maximum absolute atomic E-state index is 5.63. The summed E-state index contributed by atoms with van der Waals surface area (Å²) in [6.07, 6.45) is 6.75. The van der Waals surface area contributed by atoms with Crippen molar-refractivity contribution in [3.05, 3.63) is 48.3 Å². The highest BCUT2D eigenvalue weighted by molar-refractivity contribution is 5.79. The Balaban J connectivity index is 1.55. The highest BCUT2D eigenvalue weighted by Gasteiger charge is 2.34. The average Bonchev–Trinajstić information content (AvgIpc) is 3.27. The van der Waals surface area contributed by atoms with E-state index in [1.807, 2.05) is 36.1 Å². The maximum Gasteiger partial charge on any atom is 0.191 e. The minimum atomic E-state index is 0.0389. The van der Waals surface area contributed by atoms with Crippen LogP contribution in [-0.2, 0) is 16.7 Å². The predicted octanol–water partition coefficient (Wildman–Crippen LogP) is 2.20. The van der Waals surface area contributed by atoms with Crippen molar-refractivity contribution in [2.75, 3.05) is 40.5 Å². The lowest BCUT2D eigenvalue weighted by atomic mass is 9.74. The molecule has 1 aliphatic rings. The number of methoxy groups -OCH3 is 1. The van der Waals surface area contributed by atoms with Crippen molar-refractivity contribution in [3.63, 3.8) is 0 Å². The van der Waals surface area contributed by atoms with Gasteiger partial charge in [-0.3, -0.25) is 9.67 Å². The van der Waals surface area contributed by atoms with Gasteiger partial charge in [0.15, 0.2) is 5.96 Å². The Labute approximate surface area is 167 Å². The molecule has 0 spiro atoms. The number of nitrogens with one attached hydrogen (secondary N) is 2. The molecule has 152 valence electrons. The first kappa shape index (κ1) is 20.2. The lowest BCUT2D eigenvalue weighted by molar-refractivity contribution is 0.0513. The number of benzene rings is 1. The van der Waals surface area contributed by atoms with E-state index in [9.17, 15) is 0 Å². The van der Waals surface area contributed by atoms with E-state index in [2.05, 4.69) is 32.9 Å². The predicted molar refractivity (Wildman–Crippen MR) is 111 cm³/mol. The number of nitrogens with zero attached hydrogens (tertiary/aromatic N) is 3. The van der Waals surface area contributed by atoms with E-state index in [-0.39, 0.29) is 5.41 Å². The van der Waals surface area contributed by atoms with E-state index in [4.69, 9.17) is 9.47 Å². The number of rotatable bonds is 8. The van der Waals surface area contributed by atoms with Crippen molar-refractivity contribution in [1.29, 1.82) is 0 Å². The molecule has 0 atom stereocenters. The first-order valence-electron chi connectivity index (χ1n) is 9.90. The number of hydrogen-bond donors (Lipinski definition) is 2.